The quantitative estimate of drug-likeness (QED) is 0.757. The first kappa shape index (κ1) is 18.2. The van der Waals surface area contributed by atoms with Gasteiger partial charge in [-0.15, -0.1) is 0 Å². The van der Waals surface area contributed by atoms with Crippen LogP contribution in [0.1, 0.15) is 26.7 Å². The summed E-state index contributed by atoms with van der Waals surface area (Å²) in [6, 6.07) is 17.2. The van der Waals surface area contributed by atoms with Crippen molar-refractivity contribution in [3.63, 3.8) is 0 Å². The lowest BCUT2D eigenvalue weighted by Crippen LogP contribution is -2.46. The van der Waals surface area contributed by atoms with Gasteiger partial charge in [0, 0.05) is 5.02 Å². The van der Waals surface area contributed by atoms with E-state index in [1.807, 2.05) is 68.4 Å². The van der Waals surface area contributed by atoms with Gasteiger partial charge in [-0.3, -0.25) is 14.6 Å². The van der Waals surface area contributed by atoms with Crippen molar-refractivity contribution in [2.45, 2.75) is 32.7 Å². The average Bonchev–Trinajstić information content (AvgIpc) is 3.24. The number of amides is 1. The van der Waals surface area contributed by atoms with Crippen molar-refractivity contribution < 1.29 is 4.79 Å². The molecule has 2 aliphatic heterocycles. The minimum Gasteiger partial charge on any atom is -0.293 e. The third-order valence-corrected chi connectivity index (χ3v) is 5.75. The Balaban J connectivity index is 1.85. The summed E-state index contributed by atoms with van der Waals surface area (Å²) in [5, 5.41) is 0.679. The maximum absolute atomic E-state index is 13.4. The van der Waals surface area contributed by atoms with E-state index in [2.05, 4.69) is 4.90 Å². The Labute approximate surface area is 165 Å². The Morgan fingerprint density at radius 1 is 1.00 bits per heavy atom. The van der Waals surface area contributed by atoms with Gasteiger partial charge in [-0.05, 0) is 76.2 Å². The number of amidine groups is 1. The van der Waals surface area contributed by atoms with E-state index in [1.165, 1.54) is 12.8 Å². The smallest absolute Gasteiger partial charge is 0.240 e. The van der Waals surface area contributed by atoms with Crippen molar-refractivity contribution in [3.8, 4) is 0 Å². The van der Waals surface area contributed by atoms with Crippen molar-refractivity contribution in [2.24, 2.45) is 10.4 Å². The standard InChI is InChI=1S/C22H24ClN3O/c1-22(2)19(25-14-6-7-15-25)20(24-17-12-10-16(23)11-13-17)26(21(22)27)18-8-4-3-5-9-18/h3-5,8-13,19H,6-7,14-15H2,1-2H3. The summed E-state index contributed by atoms with van der Waals surface area (Å²) in [4.78, 5) is 22.6. The summed E-state index contributed by atoms with van der Waals surface area (Å²) in [5.74, 6) is 0.902. The third-order valence-electron chi connectivity index (χ3n) is 5.50. The molecule has 2 saturated heterocycles. The van der Waals surface area contributed by atoms with Gasteiger partial charge >= 0.3 is 0 Å². The Kier molecular flexibility index (Phi) is 4.79. The molecule has 0 aliphatic carbocycles. The molecule has 140 valence electrons. The number of carbonyl (C=O) groups is 1. The van der Waals surface area contributed by atoms with Gasteiger partial charge < -0.3 is 0 Å². The Morgan fingerprint density at radius 3 is 2.26 bits per heavy atom. The van der Waals surface area contributed by atoms with Crippen molar-refractivity contribution in [3.05, 3.63) is 59.6 Å². The van der Waals surface area contributed by atoms with Crippen LogP contribution in [0.2, 0.25) is 5.02 Å². The van der Waals surface area contributed by atoms with Gasteiger partial charge in [0.25, 0.3) is 0 Å². The molecular formula is C22H24ClN3O. The molecule has 27 heavy (non-hydrogen) atoms. The number of hydrogen-bond donors (Lipinski definition) is 0. The first-order chi connectivity index (χ1) is 13.0. The van der Waals surface area contributed by atoms with Gasteiger partial charge in [0.1, 0.15) is 5.84 Å². The van der Waals surface area contributed by atoms with Gasteiger partial charge in [-0.25, -0.2) is 4.99 Å². The van der Waals surface area contributed by atoms with Crippen LogP contribution < -0.4 is 4.90 Å². The molecule has 2 aromatic carbocycles. The van der Waals surface area contributed by atoms with Crippen LogP contribution in [0, 0.1) is 5.41 Å². The molecule has 4 nitrogen and oxygen atoms in total. The van der Waals surface area contributed by atoms with Crippen LogP contribution >= 0.6 is 11.6 Å². The minimum absolute atomic E-state index is 0.0385. The predicted molar refractivity (Wildman–Crippen MR) is 111 cm³/mol. The number of halogens is 1. The molecule has 0 aromatic heterocycles. The number of benzene rings is 2. The topological polar surface area (TPSA) is 35.9 Å². The van der Waals surface area contributed by atoms with Crippen molar-refractivity contribution >= 4 is 34.7 Å². The van der Waals surface area contributed by atoms with Gasteiger partial charge in [0.2, 0.25) is 5.91 Å². The molecule has 2 fully saturated rings. The van der Waals surface area contributed by atoms with Gasteiger partial charge in [-0.2, -0.15) is 0 Å². The van der Waals surface area contributed by atoms with E-state index < -0.39 is 5.41 Å². The van der Waals surface area contributed by atoms with E-state index in [0.29, 0.717) is 5.02 Å². The molecule has 0 spiro atoms. The maximum atomic E-state index is 13.4. The summed E-state index contributed by atoms with van der Waals surface area (Å²) in [6.45, 7) is 6.09. The van der Waals surface area contributed by atoms with E-state index in [1.54, 1.807) is 4.90 Å². The SMILES string of the molecule is CC1(C)C(=O)N(c2ccccc2)C(=Nc2ccc(Cl)cc2)C1N1CCCC1. The first-order valence-corrected chi connectivity index (χ1v) is 9.84. The Hall–Kier alpha value is -2.17. The number of aliphatic imine (C=N–C) groups is 1. The summed E-state index contributed by atoms with van der Waals surface area (Å²) in [7, 11) is 0. The highest BCUT2D eigenvalue weighted by molar-refractivity contribution is 6.30. The van der Waals surface area contributed by atoms with Crippen LogP contribution in [0.25, 0.3) is 0 Å². The summed E-state index contributed by atoms with van der Waals surface area (Å²) in [5.41, 5.74) is 1.14. The van der Waals surface area contributed by atoms with Crippen LogP contribution in [0.5, 0.6) is 0 Å². The highest BCUT2D eigenvalue weighted by atomic mass is 35.5. The van der Waals surface area contributed by atoms with E-state index in [4.69, 9.17) is 16.6 Å². The molecule has 1 atom stereocenters. The van der Waals surface area contributed by atoms with Gasteiger partial charge in [-0.1, -0.05) is 29.8 Å². The van der Waals surface area contributed by atoms with Crippen LogP contribution in [0.3, 0.4) is 0 Å². The van der Waals surface area contributed by atoms with E-state index in [-0.39, 0.29) is 11.9 Å². The fourth-order valence-corrected chi connectivity index (χ4v) is 4.29. The lowest BCUT2D eigenvalue weighted by Gasteiger charge is -2.31. The lowest BCUT2D eigenvalue weighted by atomic mass is 9.85. The number of nitrogens with zero attached hydrogens (tertiary/aromatic N) is 3. The molecule has 2 heterocycles. The maximum Gasteiger partial charge on any atom is 0.240 e. The lowest BCUT2D eigenvalue weighted by molar-refractivity contribution is -0.125. The monoisotopic (exact) mass is 381 g/mol. The molecule has 5 heteroatoms. The molecule has 4 rings (SSSR count). The molecule has 0 saturated carbocycles. The fourth-order valence-electron chi connectivity index (χ4n) is 4.16. The molecule has 0 radical (unpaired) electrons. The third kappa shape index (κ3) is 3.28. The van der Waals surface area contributed by atoms with Gasteiger partial charge in [0.05, 0.1) is 22.8 Å². The fraction of sp³-hybridized carbons (Fsp3) is 0.364. The van der Waals surface area contributed by atoms with E-state index >= 15 is 0 Å². The molecule has 0 N–H and O–H groups in total. The number of carbonyl (C=O) groups excluding carboxylic acids is 1. The molecule has 0 bridgehead atoms. The van der Waals surface area contributed by atoms with Crippen molar-refractivity contribution in [1.82, 2.24) is 4.90 Å². The first-order valence-electron chi connectivity index (χ1n) is 9.46. The highest BCUT2D eigenvalue weighted by Crippen LogP contribution is 2.41. The van der Waals surface area contributed by atoms with Crippen LogP contribution in [0.15, 0.2) is 59.6 Å². The molecule has 1 amide bonds. The number of hydrogen-bond acceptors (Lipinski definition) is 3. The minimum atomic E-state index is -0.536. The second-order valence-electron chi connectivity index (χ2n) is 7.79. The average molecular weight is 382 g/mol. The van der Waals surface area contributed by atoms with Crippen LogP contribution in [-0.4, -0.2) is 35.8 Å². The highest BCUT2D eigenvalue weighted by Gasteiger charge is 2.55. The molecule has 2 aromatic rings. The van der Waals surface area contributed by atoms with Crippen LogP contribution in [0.4, 0.5) is 11.4 Å². The summed E-state index contributed by atoms with van der Waals surface area (Å²) >= 11 is 6.03. The number of likely N-dealkylation sites (tertiary alicyclic amines) is 1. The summed E-state index contributed by atoms with van der Waals surface area (Å²) < 4.78 is 0. The number of para-hydroxylation sites is 1. The van der Waals surface area contributed by atoms with Crippen molar-refractivity contribution in [2.75, 3.05) is 18.0 Å². The number of anilines is 1. The zero-order chi connectivity index (χ0) is 19.0. The van der Waals surface area contributed by atoms with Crippen LogP contribution in [-0.2, 0) is 4.79 Å². The Morgan fingerprint density at radius 2 is 1.63 bits per heavy atom. The van der Waals surface area contributed by atoms with E-state index in [9.17, 15) is 4.79 Å². The Bertz CT molecular complexity index is 855. The van der Waals surface area contributed by atoms with Gasteiger partial charge in [0.15, 0.2) is 0 Å². The summed E-state index contributed by atoms with van der Waals surface area (Å²) in [6.07, 6.45) is 2.33. The normalized spacial score (nSPS) is 24.1. The largest absolute Gasteiger partial charge is 0.293 e. The second-order valence-corrected chi connectivity index (χ2v) is 8.23. The predicted octanol–water partition coefficient (Wildman–Crippen LogP) is 4.91. The molecule has 1 unspecified atom stereocenters. The van der Waals surface area contributed by atoms with Crippen molar-refractivity contribution in [1.29, 1.82) is 0 Å². The molecule has 2 aliphatic rings. The van der Waals surface area contributed by atoms with E-state index in [0.717, 1.165) is 30.3 Å². The second kappa shape index (κ2) is 7.10. The zero-order valence-electron chi connectivity index (χ0n) is 15.7. The zero-order valence-corrected chi connectivity index (χ0v) is 16.5. The number of rotatable bonds is 3. The molecular weight excluding hydrogens is 358 g/mol.